The van der Waals surface area contributed by atoms with Crippen LogP contribution in [0.5, 0.6) is 0 Å². The second-order valence-corrected chi connectivity index (χ2v) is 3.24. The fourth-order valence-electron chi connectivity index (χ4n) is 1.30. The fraction of sp³-hybridized carbons (Fsp3) is 1.00. The van der Waals surface area contributed by atoms with Crippen molar-refractivity contribution in [3.05, 3.63) is 0 Å². The van der Waals surface area contributed by atoms with Crippen molar-refractivity contribution in [3.63, 3.8) is 0 Å². The van der Waals surface area contributed by atoms with Gasteiger partial charge in [-0.15, -0.1) is 0 Å². The first-order chi connectivity index (χ1) is 4.62. The second-order valence-electron chi connectivity index (χ2n) is 3.24. The predicted molar refractivity (Wildman–Crippen MR) is 40.4 cm³/mol. The smallest absolute Gasteiger partial charge is 0.427 e. The van der Waals surface area contributed by atoms with Crippen LogP contribution in [0.4, 0.5) is 0 Å². The van der Waals surface area contributed by atoms with Crippen LogP contribution in [0.3, 0.4) is 0 Å². The van der Waals surface area contributed by atoms with Gasteiger partial charge in [-0.1, -0.05) is 0 Å². The van der Waals surface area contributed by atoms with E-state index in [1.165, 1.54) is 6.42 Å². The van der Waals surface area contributed by atoms with Gasteiger partial charge in [-0.05, 0) is 32.0 Å². The van der Waals surface area contributed by atoms with Crippen molar-refractivity contribution in [2.75, 3.05) is 0 Å². The van der Waals surface area contributed by atoms with Crippen LogP contribution in [0.2, 0.25) is 6.32 Å². The molecule has 0 aromatic rings. The zero-order chi connectivity index (χ0) is 7.61. The van der Waals surface area contributed by atoms with E-state index in [0.29, 0.717) is 6.32 Å². The van der Waals surface area contributed by atoms with Crippen LogP contribution in [0.1, 0.15) is 25.7 Å². The largest absolute Gasteiger partial charge is 0.451 e. The summed E-state index contributed by atoms with van der Waals surface area (Å²) in [6.45, 7) is 0. The molecule has 0 spiro atoms. The van der Waals surface area contributed by atoms with Gasteiger partial charge < -0.3 is 15.8 Å². The SMILES string of the molecule is NC1(CCB(O)O)CCC1. The monoisotopic (exact) mass is 143 g/mol. The zero-order valence-electron chi connectivity index (χ0n) is 6.08. The highest BCUT2D eigenvalue weighted by Gasteiger charge is 2.32. The van der Waals surface area contributed by atoms with Gasteiger partial charge in [0.1, 0.15) is 0 Å². The van der Waals surface area contributed by atoms with Crippen LogP contribution in [0.15, 0.2) is 0 Å². The summed E-state index contributed by atoms with van der Waals surface area (Å²) in [5.74, 6) is 0. The Morgan fingerprint density at radius 2 is 2.00 bits per heavy atom. The van der Waals surface area contributed by atoms with Gasteiger partial charge in [-0.25, -0.2) is 0 Å². The topological polar surface area (TPSA) is 66.5 Å². The normalized spacial score (nSPS) is 21.9. The van der Waals surface area contributed by atoms with Gasteiger partial charge in [0, 0.05) is 5.54 Å². The predicted octanol–water partition coefficient (Wildman–Crippen LogP) is -0.269. The standard InChI is InChI=1S/C6H14BNO2/c8-6(2-1-3-6)4-5-7(9)10/h9-10H,1-5,8H2. The maximum Gasteiger partial charge on any atom is 0.451 e. The lowest BCUT2D eigenvalue weighted by Gasteiger charge is -2.38. The van der Waals surface area contributed by atoms with Crippen molar-refractivity contribution < 1.29 is 10.0 Å². The molecule has 1 fully saturated rings. The first-order valence-electron chi connectivity index (χ1n) is 3.77. The highest BCUT2D eigenvalue weighted by Crippen LogP contribution is 2.33. The minimum Gasteiger partial charge on any atom is -0.427 e. The van der Waals surface area contributed by atoms with E-state index in [2.05, 4.69) is 0 Å². The van der Waals surface area contributed by atoms with E-state index < -0.39 is 7.12 Å². The van der Waals surface area contributed by atoms with Crippen LogP contribution in [0.25, 0.3) is 0 Å². The van der Waals surface area contributed by atoms with Crippen molar-refractivity contribution in [2.45, 2.75) is 37.5 Å². The third-order valence-corrected chi connectivity index (χ3v) is 2.25. The Kier molecular flexibility index (Phi) is 2.34. The van der Waals surface area contributed by atoms with Gasteiger partial charge in [-0.3, -0.25) is 0 Å². The molecule has 1 saturated carbocycles. The van der Waals surface area contributed by atoms with Crippen LogP contribution in [-0.4, -0.2) is 22.7 Å². The molecule has 1 aliphatic rings. The van der Waals surface area contributed by atoms with Crippen molar-refractivity contribution in [3.8, 4) is 0 Å². The minimum atomic E-state index is -1.18. The van der Waals surface area contributed by atoms with E-state index >= 15 is 0 Å². The highest BCUT2D eigenvalue weighted by molar-refractivity contribution is 6.40. The number of rotatable bonds is 3. The van der Waals surface area contributed by atoms with Crippen molar-refractivity contribution in [1.82, 2.24) is 0 Å². The molecule has 1 rings (SSSR count). The fourth-order valence-corrected chi connectivity index (χ4v) is 1.30. The first-order valence-corrected chi connectivity index (χ1v) is 3.77. The Morgan fingerprint density at radius 1 is 1.40 bits per heavy atom. The lowest BCUT2D eigenvalue weighted by atomic mass is 9.69. The van der Waals surface area contributed by atoms with Crippen molar-refractivity contribution >= 4 is 7.12 Å². The van der Waals surface area contributed by atoms with Gasteiger partial charge in [0.15, 0.2) is 0 Å². The molecule has 1 aliphatic carbocycles. The molecule has 0 saturated heterocycles. The molecule has 0 aliphatic heterocycles. The zero-order valence-corrected chi connectivity index (χ0v) is 6.08. The van der Waals surface area contributed by atoms with E-state index in [9.17, 15) is 0 Å². The summed E-state index contributed by atoms with van der Waals surface area (Å²) in [5.41, 5.74) is 5.76. The summed E-state index contributed by atoms with van der Waals surface area (Å²) in [6.07, 6.45) is 4.43. The second kappa shape index (κ2) is 2.90. The summed E-state index contributed by atoms with van der Waals surface area (Å²) in [6, 6.07) is 0. The number of nitrogens with two attached hydrogens (primary N) is 1. The molecule has 0 heterocycles. The van der Waals surface area contributed by atoms with Crippen LogP contribution >= 0.6 is 0 Å². The third kappa shape index (κ3) is 1.97. The summed E-state index contributed by atoms with van der Waals surface area (Å²) >= 11 is 0. The quantitative estimate of drug-likeness (QED) is 0.476. The molecule has 0 unspecified atom stereocenters. The summed E-state index contributed by atoms with van der Waals surface area (Å²) < 4.78 is 0. The Balaban J connectivity index is 2.12. The molecule has 10 heavy (non-hydrogen) atoms. The Morgan fingerprint density at radius 3 is 2.30 bits per heavy atom. The molecular weight excluding hydrogens is 129 g/mol. The molecule has 0 atom stereocenters. The van der Waals surface area contributed by atoms with E-state index in [1.54, 1.807) is 0 Å². The number of hydrogen-bond acceptors (Lipinski definition) is 3. The molecule has 58 valence electrons. The van der Waals surface area contributed by atoms with E-state index in [4.69, 9.17) is 15.8 Å². The lowest BCUT2D eigenvalue weighted by Crippen LogP contribution is -2.46. The summed E-state index contributed by atoms with van der Waals surface area (Å²) in [4.78, 5) is 0. The molecule has 0 aromatic heterocycles. The molecule has 0 radical (unpaired) electrons. The molecule has 3 nitrogen and oxygen atoms in total. The van der Waals surface area contributed by atoms with Crippen LogP contribution < -0.4 is 5.73 Å². The molecule has 4 N–H and O–H groups in total. The number of hydrogen-bond donors (Lipinski definition) is 3. The summed E-state index contributed by atoms with van der Waals surface area (Å²) in [7, 11) is -1.18. The first kappa shape index (κ1) is 8.05. The van der Waals surface area contributed by atoms with Crippen LogP contribution in [-0.2, 0) is 0 Å². The summed E-state index contributed by atoms with van der Waals surface area (Å²) in [5, 5.41) is 17.1. The molecule has 0 bridgehead atoms. The van der Waals surface area contributed by atoms with Gasteiger partial charge >= 0.3 is 7.12 Å². The van der Waals surface area contributed by atoms with Gasteiger partial charge in [0.25, 0.3) is 0 Å². The molecule has 4 heteroatoms. The molecule has 0 aromatic carbocycles. The van der Waals surface area contributed by atoms with E-state index in [-0.39, 0.29) is 5.54 Å². The highest BCUT2D eigenvalue weighted by atomic mass is 16.4. The Bertz CT molecular complexity index is 114. The maximum absolute atomic E-state index is 8.54. The van der Waals surface area contributed by atoms with Crippen molar-refractivity contribution in [1.29, 1.82) is 0 Å². The van der Waals surface area contributed by atoms with Crippen molar-refractivity contribution in [2.24, 2.45) is 5.73 Å². The molecule has 0 amide bonds. The Labute approximate surface area is 61.4 Å². The van der Waals surface area contributed by atoms with Gasteiger partial charge in [0.2, 0.25) is 0 Å². The minimum absolute atomic E-state index is 0.0658. The maximum atomic E-state index is 8.54. The van der Waals surface area contributed by atoms with Crippen LogP contribution in [0, 0.1) is 0 Å². The Hall–Kier alpha value is -0.0551. The van der Waals surface area contributed by atoms with Gasteiger partial charge in [0.05, 0.1) is 0 Å². The molecular formula is C6H14BNO2. The lowest BCUT2D eigenvalue weighted by molar-refractivity contribution is 0.234. The van der Waals surface area contributed by atoms with Gasteiger partial charge in [-0.2, -0.15) is 0 Å². The van der Waals surface area contributed by atoms with E-state index in [1.807, 2.05) is 0 Å². The third-order valence-electron chi connectivity index (χ3n) is 2.25. The average molecular weight is 143 g/mol. The van der Waals surface area contributed by atoms with E-state index in [0.717, 1.165) is 19.3 Å². The average Bonchev–Trinajstić information content (AvgIpc) is 1.79.